The summed E-state index contributed by atoms with van der Waals surface area (Å²) >= 11 is 0. The molecule has 0 fully saturated rings. The van der Waals surface area contributed by atoms with Crippen molar-refractivity contribution in [2.24, 2.45) is 0 Å². The van der Waals surface area contributed by atoms with Crippen LogP contribution < -0.4 is 10.1 Å². The first-order chi connectivity index (χ1) is 8.48. The number of aliphatic hydroxyl groups is 1. The van der Waals surface area contributed by atoms with E-state index in [2.05, 4.69) is 5.32 Å². The number of rotatable bonds is 6. The molecule has 2 N–H and O–H groups in total. The molecule has 0 radical (unpaired) electrons. The minimum atomic E-state index is -1.08. The molecule has 1 aromatic rings. The molecule has 100 valence electrons. The number of amides is 1. The summed E-state index contributed by atoms with van der Waals surface area (Å²) < 4.78 is 9.90. The van der Waals surface area contributed by atoms with Crippen LogP contribution in [-0.4, -0.2) is 44.0 Å². The first-order valence-corrected chi connectivity index (χ1v) is 5.62. The van der Waals surface area contributed by atoms with Crippen LogP contribution in [0, 0.1) is 0 Å². The summed E-state index contributed by atoms with van der Waals surface area (Å²) in [5, 5.41) is 12.5. The normalized spacial score (nSPS) is 13.8. The topological polar surface area (TPSA) is 67.8 Å². The Labute approximate surface area is 107 Å². The fraction of sp³-hybridized carbons (Fsp3) is 0.462. The molecule has 18 heavy (non-hydrogen) atoms. The number of nitrogens with one attached hydrogen (secondary N) is 1. The molecular formula is C13H19NO4. The monoisotopic (exact) mass is 253 g/mol. The lowest BCUT2D eigenvalue weighted by molar-refractivity contribution is -0.0147. The van der Waals surface area contributed by atoms with E-state index < -0.39 is 5.60 Å². The lowest BCUT2D eigenvalue weighted by atomic mass is 10.1. The molecule has 1 rings (SSSR count). The third-order valence-corrected chi connectivity index (χ3v) is 2.42. The average Bonchev–Trinajstić information content (AvgIpc) is 2.36. The molecule has 0 aliphatic heterocycles. The van der Waals surface area contributed by atoms with E-state index in [-0.39, 0.29) is 19.1 Å². The van der Waals surface area contributed by atoms with Gasteiger partial charge < -0.3 is 19.9 Å². The lowest BCUT2D eigenvalue weighted by Gasteiger charge is -2.22. The zero-order chi connectivity index (χ0) is 13.6. The zero-order valence-electron chi connectivity index (χ0n) is 10.9. The van der Waals surface area contributed by atoms with Gasteiger partial charge in [-0.3, -0.25) is 4.79 Å². The Balaban J connectivity index is 2.60. The molecule has 0 heterocycles. The average molecular weight is 253 g/mol. The van der Waals surface area contributed by atoms with Crippen molar-refractivity contribution >= 4 is 5.91 Å². The second-order valence-corrected chi connectivity index (χ2v) is 4.34. The molecule has 0 bridgehead atoms. The van der Waals surface area contributed by atoms with Gasteiger partial charge in [-0.15, -0.1) is 0 Å². The van der Waals surface area contributed by atoms with Gasteiger partial charge in [0.15, 0.2) is 0 Å². The Morgan fingerprint density at radius 1 is 1.44 bits per heavy atom. The minimum Gasteiger partial charge on any atom is -0.497 e. The molecule has 0 saturated heterocycles. The van der Waals surface area contributed by atoms with Gasteiger partial charge in [-0.25, -0.2) is 0 Å². The van der Waals surface area contributed by atoms with E-state index in [1.54, 1.807) is 38.3 Å². The Hall–Kier alpha value is -1.59. The standard InChI is InChI=1S/C13H19NO4/c1-13(16,9-17-2)8-14-12(15)10-5-4-6-11(7-10)18-3/h4-7,16H,8-9H2,1-3H3,(H,14,15). The van der Waals surface area contributed by atoms with E-state index in [4.69, 9.17) is 9.47 Å². The van der Waals surface area contributed by atoms with Crippen LogP contribution in [0.3, 0.4) is 0 Å². The van der Waals surface area contributed by atoms with Crippen LogP contribution in [0.4, 0.5) is 0 Å². The summed E-state index contributed by atoms with van der Waals surface area (Å²) in [6.07, 6.45) is 0. The van der Waals surface area contributed by atoms with E-state index in [0.29, 0.717) is 11.3 Å². The van der Waals surface area contributed by atoms with Crippen LogP contribution in [-0.2, 0) is 4.74 Å². The highest BCUT2D eigenvalue weighted by molar-refractivity contribution is 5.94. The maximum absolute atomic E-state index is 11.8. The fourth-order valence-corrected chi connectivity index (χ4v) is 1.50. The van der Waals surface area contributed by atoms with Gasteiger partial charge in [0.25, 0.3) is 5.91 Å². The SMILES string of the molecule is COCC(C)(O)CNC(=O)c1cccc(OC)c1. The molecule has 1 amide bonds. The van der Waals surface area contributed by atoms with E-state index in [1.165, 1.54) is 7.11 Å². The number of hydrogen-bond acceptors (Lipinski definition) is 4. The number of benzene rings is 1. The highest BCUT2D eigenvalue weighted by Crippen LogP contribution is 2.12. The van der Waals surface area contributed by atoms with E-state index in [1.807, 2.05) is 0 Å². The Morgan fingerprint density at radius 3 is 2.78 bits per heavy atom. The van der Waals surface area contributed by atoms with Crippen LogP contribution in [0.2, 0.25) is 0 Å². The van der Waals surface area contributed by atoms with Gasteiger partial charge in [0, 0.05) is 19.2 Å². The largest absolute Gasteiger partial charge is 0.497 e. The molecule has 0 aliphatic carbocycles. The first-order valence-electron chi connectivity index (χ1n) is 5.62. The Kier molecular flexibility index (Phi) is 5.12. The van der Waals surface area contributed by atoms with E-state index in [0.717, 1.165) is 0 Å². The Morgan fingerprint density at radius 2 is 2.17 bits per heavy atom. The molecule has 1 aromatic carbocycles. The van der Waals surface area contributed by atoms with E-state index >= 15 is 0 Å². The van der Waals surface area contributed by atoms with Crippen LogP contribution in [0.5, 0.6) is 5.75 Å². The molecule has 0 saturated carbocycles. The third kappa shape index (κ3) is 4.35. The highest BCUT2D eigenvalue weighted by atomic mass is 16.5. The van der Waals surface area contributed by atoms with Crippen molar-refractivity contribution in [1.82, 2.24) is 5.32 Å². The number of carbonyl (C=O) groups excluding carboxylic acids is 1. The smallest absolute Gasteiger partial charge is 0.251 e. The number of carbonyl (C=O) groups is 1. The number of hydrogen-bond donors (Lipinski definition) is 2. The fourth-order valence-electron chi connectivity index (χ4n) is 1.50. The molecule has 0 aromatic heterocycles. The summed E-state index contributed by atoms with van der Waals surface area (Å²) in [6.45, 7) is 1.88. The molecule has 1 unspecified atom stereocenters. The van der Waals surface area contributed by atoms with Crippen LogP contribution in [0.25, 0.3) is 0 Å². The Bertz CT molecular complexity index is 404. The first kappa shape index (κ1) is 14.5. The third-order valence-electron chi connectivity index (χ3n) is 2.42. The van der Waals surface area contributed by atoms with Crippen molar-refractivity contribution in [3.05, 3.63) is 29.8 Å². The van der Waals surface area contributed by atoms with Crippen LogP contribution in [0.15, 0.2) is 24.3 Å². The number of methoxy groups -OCH3 is 2. The van der Waals surface area contributed by atoms with Crippen molar-refractivity contribution in [3.8, 4) is 5.75 Å². The van der Waals surface area contributed by atoms with Crippen LogP contribution in [0.1, 0.15) is 17.3 Å². The summed E-state index contributed by atoms with van der Waals surface area (Å²) in [5.74, 6) is 0.358. The van der Waals surface area contributed by atoms with Gasteiger partial charge in [0.1, 0.15) is 11.4 Å². The van der Waals surface area contributed by atoms with Crippen molar-refractivity contribution < 1.29 is 19.4 Å². The molecular weight excluding hydrogens is 234 g/mol. The van der Waals surface area contributed by atoms with Gasteiger partial charge in [-0.2, -0.15) is 0 Å². The maximum Gasteiger partial charge on any atom is 0.251 e. The molecule has 1 atom stereocenters. The van der Waals surface area contributed by atoms with E-state index in [9.17, 15) is 9.90 Å². The summed E-state index contributed by atoms with van der Waals surface area (Å²) in [4.78, 5) is 11.8. The minimum absolute atomic E-state index is 0.122. The maximum atomic E-state index is 11.8. The van der Waals surface area contributed by atoms with Gasteiger partial charge in [0.2, 0.25) is 0 Å². The van der Waals surface area contributed by atoms with Gasteiger partial charge >= 0.3 is 0 Å². The van der Waals surface area contributed by atoms with Crippen molar-refractivity contribution in [2.75, 3.05) is 27.4 Å². The second-order valence-electron chi connectivity index (χ2n) is 4.34. The van der Waals surface area contributed by atoms with Gasteiger partial charge in [0.05, 0.1) is 13.7 Å². The van der Waals surface area contributed by atoms with Crippen LogP contribution >= 0.6 is 0 Å². The molecule has 5 heteroatoms. The van der Waals surface area contributed by atoms with Gasteiger partial charge in [-0.1, -0.05) is 6.07 Å². The summed E-state index contributed by atoms with van der Waals surface area (Å²) in [7, 11) is 3.04. The van der Waals surface area contributed by atoms with Crippen molar-refractivity contribution in [3.63, 3.8) is 0 Å². The molecule has 0 aliphatic rings. The van der Waals surface area contributed by atoms with Crippen molar-refractivity contribution in [2.45, 2.75) is 12.5 Å². The summed E-state index contributed by atoms with van der Waals surface area (Å²) in [5.41, 5.74) is -0.592. The molecule has 5 nitrogen and oxygen atoms in total. The summed E-state index contributed by atoms with van der Waals surface area (Å²) in [6, 6.07) is 6.82. The number of ether oxygens (including phenoxy) is 2. The van der Waals surface area contributed by atoms with Crippen molar-refractivity contribution in [1.29, 1.82) is 0 Å². The predicted octanol–water partition coefficient (Wildman–Crippen LogP) is 0.822. The predicted molar refractivity (Wildman–Crippen MR) is 67.8 cm³/mol. The molecule has 0 spiro atoms. The lowest BCUT2D eigenvalue weighted by Crippen LogP contribution is -2.43. The highest BCUT2D eigenvalue weighted by Gasteiger charge is 2.21. The quantitative estimate of drug-likeness (QED) is 0.787. The van der Waals surface area contributed by atoms with Gasteiger partial charge in [-0.05, 0) is 25.1 Å². The zero-order valence-corrected chi connectivity index (χ0v) is 10.9. The second kappa shape index (κ2) is 6.37.